The average Bonchev–Trinajstić information content (AvgIpc) is 2.73. The fourth-order valence-corrected chi connectivity index (χ4v) is 5.46. The van der Waals surface area contributed by atoms with Crippen LogP contribution in [0.25, 0.3) is 0 Å². The fourth-order valence-electron chi connectivity index (χ4n) is 3.06. The average molecular weight is 517 g/mol. The van der Waals surface area contributed by atoms with Gasteiger partial charge in [-0.05, 0) is 67.2 Å². The van der Waals surface area contributed by atoms with Crippen molar-refractivity contribution in [1.82, 2.24) is 0 Å². The molecule has 0 aliphatic heterocycles. The molecular weight excluding hydrogens is 468 g/mol. The number of allylic oxidation sites excluding steroid dienone is 1. The third-order valence-corrected chi connectivity index (χ3v) is 16.5. The highest BCUT2D eigenvalue weighted by atomic mass is 28.4. The summed E-state index contributed by atoms with van der Waals surface area (Å²) in [5.74, 6) is 6.43. The fraction of sp³-hybridized carbons (Fsp3) is 0.621. The number of carbonyl (C=O) groups excluding carboxylic acids is 1. The zero-order valence-electron chi connectivity index (χ0n) is 24.1. The number of benzene rings is 1. The zero-order chi connectivity index (χ0) is 27.1. The number of methoxy groups -OCH3 is 1. The van der Waals surface area contributed by atoms with E-state index in [1.165, 1.54) is 0 Å². The minimum absolute atomic E-state index is 0.0393. The number of hydrogen-bond acceptors (Lipinski definition) is 4. The standard InChI is InChI=1S/C29H48O4Si2/c1-13-17-25-24(19-16-21-27(25)31-8)26(30)20-15-14-18-23(33-35(11,12)29(5,6)7)22-32-34(9,10)28(2,3)4/h13,16,19,21,23H,1,14,17-18,22H2,2-12H3. The van der Waals surface area contributed by atoms with Crippen LogP contribution in [-0.2, 0) is 15.3 Å². The molecule has 0 spiro atoms. The number of ether oxygens (including phenoxy) is 1. The molecule has 4 nitrogen and oxygen atoms in total. The topological polar surface area (TPSA) is 44.8 Å². The van der Waals surface area contributed by atoms with E-state index < -0.39 is 16.6 Å². The monoisotopic (exact) mass is 516 g/mol. The van der Waals surface area contributed by atoms with E-state index in [0.717, 1.165) is 12.0 Å². The van der Waals surface area contributed by atoms with Crippen LogP contribution < -0.4 is 4.74 Å². The second-order valence-electron chi connectivity index (χ2n) is 12.2. The molecule has 1 rings (SSSR count). The first kappa shape index (κ1) is 31.4. The Morgan fingerprint density at radius 3 is 2.17 bits per heavy atom. The molecule has 0 bridgehead atoms. The highest BCUT2D eigenvalue weighted by Crippen LogP contribution is 2.39. The molecule has 0 N–H and O–H groups in total. The number of rotatable bonds is 11. The molecule has 1 atom stereocenters. The summed E-state index contributed by atoms with van der Waals surface area (Å²) in [5, 5.41) is 0.248. The first-order valence-corrected chi connectivity index (χ1v) is 18.4. The van der Waals surface area contributed by atoms with Crippen LogP contribution in [0.1, 0.15) is 70.3 Å². The van der Waals surface area contributed by atoms with Gasteiger partial charge in [0, 0.05) is 17.5 Å². The highest BCUT2D eigenvalue weighted by molar-refractivity contribution is 6.74. The van der Waals surface area contributed by atoms with Crippen LogP contribution in [-0.4, -0.2) is 42.2 Å². The van der Waals surface area contributed by atoms with Gasteiger partial charge >= 0.3 is 0 Å². The van der Waals surface area contributed by atoms with Crippen molar-refractivity contribution in [2.45, 2.75) is 103 Å². The summed E-state index contributed by atoms with van der Waals surface area (Å²) in [6.07, 6.45) is 3.60. The molecular formula is C29H48O4Si2. The molecule has 0 aliphatic carbocycles. The lowest BCUT2D eigenvalue weighted by Gasteiger charge is -2.41. The van der Waals surface area contributed by atoms with E-state index in [9.17, 15) is 4.79 Å². The van der Waals surface area contributed by atoms with Crippen molar-refractivity contribution in [2.24, 2.45) is 0 Å². The molecule has 0 amide bonds. The lowest BCUT2D eigenvalue weighted by Crippen LogP contribution is -2.47. The van der Waals surface area contributed by atoms with Crippen LogP contribution >= 0.6 is 0 Å². The number of carbonyl (C=O) groups is 1. The van der Waals surface area contributed by atoms with Crippen molar-refractivity contribution in [1.29, 1.82) is 0 Å². The molecule has 0 aromatic heterocycles. The molecule has 1 aromatic carbocycles. The van der Waals surface area contributed by atoms with Crippen molar-refractivity contribution in [3.05, 3.63) is 42.0 Å². The van der Waals surface area contributed by atoms with Gasteiger partial charge in [0.15, 0.2) is 16.6 Å². The number of Topliss-reactive ketones (excluding diaryl/α,β-unsaturated/α-hetero) is 1. The van der Waals surface area contributed by atoms with Crippen LogP contribution in [0.2, 0.25) is 36.3 Å². The Hall–Kier alpha value is -1.66. The molecule has 196 valence electrons. The van der Waals surface area contributed by atoms with Crippen molar-refractivity contribution < 1.29 is 18.4 Å². The van der Waals surface area contributed by atoms with E-state index in [1.807, 2.05) is 12.1 Å². The summed E-state index contributed by atoms with van der Waals surface area (Å²) in [7, 11) is -2.26. The molecule has 6 heteroatoms. The van der Waals surface area contributed by atoms with Crippen LogP contribution in [0, 0.1) is 11.8 Å². The minimum atomic E-state index is -1.98. The molecule has 1 aromatic rings. The third-order valence-electron chi connectivity index (χ3n) is 7.44. The molecule has 35 heavy (non-hydrogen) atoms. The summed E-state index contributed by atoms with van der Waals surface area (Å²) >= 11 is 0. The third kappa shape index (κ3) is 9.06. The normalized spacial score (nSPS) is 13.6. The maximum atomic E-state index is 12.9. The van der Waals surface area contributed by atoms with Gasteiger partial charge < -0.3 is 13.6 Å². The molecule has 0 saturated heterocycles. The van der Waals surface area contributed by atoms with E-state index in [1.54, 1.807) is 19.3 Å². The van der Waals surface area contributed by atoms with E-state index >= 15 is 0 Å². The lowest BCUT2D eigenvalue weighted by atomic mass is 10.00. The van der Waals surface area contributed by atoms with Crippen molar-refractivity contribution in [2.75, 3.05) is 13.7 Å². The SMILES string of the molecule is C=CCc1c(OC)cccc1C(=O)C#CCCC(CO[Si](C)(C)C(C)(C)C)O[Si](C)(C)C(C)(C)C. The summed E-state index contributed by atoms with van der Waals surface area (Å²) in [6.45, 7) is 26.9. The molecule has 0 heterocycles. The molecule has 0 saturated carbocycles. The summed E-state index contributed by atoms with van der Waals surface area (Å²) in [6, 6.07) is 5.48. The molecule has 1 unspecified atom stereocenters. The summed E-state index contributed by atoms with van der Waals surface area (Å²) in [4.78, 5) is 12.9. The van der Waals surface area contributed by atoms with Gasteiger partial charge in [-0.3, -0.25) is 4.79 Å². The largest absolute Gasteiger partial charge is 0.496 e. The van der Waals surface area contributed by atoms with Gasteiger partial charge in [0.2, 0.25) is 5.78 Å². The van der Waals surface area contributed by atoms with Crippen LogP contribution in [0.4, 0.5) is 0 Å². The van der Waals surface area contributed by atoms with Crippen LogP contribution in [0.15, 0.2) is 30.9 Å². The lowest BCUT2D eigenvalue weighted by molar-refractivity contribution is 0.101. The van der Waals surface area contributed by atoms with Gasteiger partial charge in [-0.1, -0.05) is 59.6 Å². The van der Waals surface area contributed by atoms with E-state index in [2.05, 4.69) is 86.2 Å². The van der Waals surface area contributed by atoms with E-state index in [-0.39, 0.29) is 22.0 Å². The second kappa shape index (κ2) is 12.5. The van der Waals surface area contributed by atoms with E-state index in [0.29, 0.717) is 30.8 Å². The van der Waals surface area contributed by atoms with Gasteiger partial charge in [-0.15, -0.1) is 6.58 Å². The van der Waals surface area contributed by atoms with Crippen molar-refractivity contribution in [3.8, 4) is 17.6 Å². The smallest absolute Gasteiger partial charge is 0.236 e. The van der Waals surface area contributed by atoms with E-state index in [4.69, 9.17) is 13.6 Å². The van der Waals surface area contributed by atoms with Gasteiger partial charge in [0.25, 0.3) is 0 Å². The quantitative estimate of drug-likeness (QED) is 0.0989. The first-order chi connectivity index (χ1) is 16.0. The molecule has 0 aliphatic rings. The van der Waals surface area contributed by atoms with Crippen LogP contribution in [0.5, 0.6) is 5.75 Å². The predicted octanol–water partition coefficient (Wildman–Crippen LogP) is 7.80. The minimum Gasteiger partial charge on any atom is -0.496 e. The van der Waals surface area contributed by atoms with Crippen LogP contribution in [0.3, 0.4) is 0 Å². The van der Waals surface area contributed by atoms with Gasteiger partial charge in [-0.25, -0.2) is 0 Å². The Morgan fingerprint density at radius 1 is 1.06 bits per heavy atom. The molecule has 0 fully saturated rings. The Balaban J connectivity index is 3.01. The van der Waals surface area contributed by atoms with Gasteiger partial charge in [0.05, 0.1) is 19.8 Å². The highest BCUT2D eigenvalue weighted by Gasteiger charge is 2.41. The summed E-state index contributed by atoms with van der Waals surface area (Å²) in [5.41, 5.74) is 1.40. The Bertz CT molecular complexity index is 925. The Morgan fingerprint density at radius 2 is 1.66 bits per heavy atom. The predicted molar refractivity (Wildman–Crippen MR) is 153 cm³/mol. The molecule has 0 radical (unpaired) electrons. The Kier molecular flexibility index (Phi) is 11.2. The van der Waals surface area contributed by atoms with Gasteiger partial charge in [0.1, 0.15) is 5.75 Å². The Labute approximate surface area is 217 Å². The maximum absolute atomic E-state index is 12.9. The van der Waals surface area contributed by atoms with Crippen molar-refractivity contribution in [3.63, 3.8) is 0 Å². The number of ketones is 1. The van der Waals surface area contributed by atoms with Gasteiger partial charge in [-0.2, -0.15) is 0 Å². The van der Waals surface area contributed by atoms with Crippen molar-refractivity contribution >= 4 is 22.4 Å². The first-order valence-electron chi connectivity index (χ1n) is 12.6. The zero-order valence-corrected chi connectivity index (χ0v) is 26.1. The number of hydrogen-bond donors (Lipinski definition) is 0. The maximum Gasteiger partial charge on any atom is 0.236 e. The second-order valence-corrected chi connectivity index (χ2v) is 21.8. The summed E-state index contributed by atoms with van der Waals surface area (Å²) < 4.78 is 18.7.